The average molecular weight is 326 g/mol. The molecule has 114 valence electrons. The van der Waals surface area contributed by atoms with Crippen molar-refractivity contribution in [1.82, 2.24) is 14.7 Å². The van der Waals surface area contributed by atoms with E-state index in [2.05, 4.69) is 20.0 Å². The first-order valence-corrected chi connectivity index (χ1v) is 8.92. The van der Waals surface area contributed by atoms with Gasteiger partial charge in [-0.2, -0.15) is 0 Å². The van der Waals surface area contributed by atoms with Gasteiger partial charge in [-0.1, -0.05) is 6.92 Å². The van der Waals surface area contributed by atoms with Crippen LogP contribution in [0.1, 0.15) is 23.1 Å². The van der Waals surface area contributed by atoms with E-state index in [0.717, 1.165) is 22.7 Å². The third kappa shape index (κ3) is 4.48. The van der Waals surface area contributed by atoms with Gasteiger partial charge in [0.05, 0.1) is 12.4 Å². The molecule has 0 aromatic carbocycles. The van der Waals surface area contributed by atoms with Gasteiger partial charge >= 0.3 is 0 Å². The second-order valence-corrected chi connectivity index (χ2v) is 7.65. The molecule has 6 nitrogen and oxygen atoms in total. The summed E-state index contributed by atoms with van der Waals surface area (Å²) in [5.74, 6) is 0.435. The molecule has 8 heteroatoms. The fourth-order valence-electron chi connectivity index (χ4n) is 1.61. The van der Waals surface area contributed by atoms with Crippen LogP contribution < -0.4 is 10.0 Å². The van der Waals surface area contributed by atoms with Crippen molar-refractivity contribution in [3.63, 3.8) is 0 Å². The number of aryl methyl sites for hydroxylation is 1. The molecule has 0 unspecified atom stereocenters. The lowest BCUT2D eigenvalue weighted by atomic mass is 10.4. The van der Waals surface area contributed by atoms with Gasteiger partial charge in [-0.3, -0.25) is 0 Å². The first-order valence-electron chi connectivity index (χ1n) is 6.62. The van der Waals surface area contributed by atoms with Crippen molar-refractivity contribution in [2.75, 3.05) is 11.9 Å². The first kappa shape index (κ1) is 15.9. The number of hydrogen-bond acceptors (Lipinski definition) is 6. The standard InChI is InChI=1S/C13H18N4O2S2/c1-3-6-14-13-15-8-12(9-16-13)21(18,19)17-7-11-5-4-10(2)20-11/h4-5,8-9,17H,3,6-7H2,1-2H3,(H,14,15,16). The summed E-state index contributed by atoms with van der Waals surface area (Å²) in [5, 5.41) is 3.00. The number of hydrogen-bond donors (Lipinski definition) is 2. The highest BCUT2D eigenvalue weighted by Gasteiger charge is 2.15. The van der Waals surface area contributed by atoms with Crippen LogP contribution in [0.25, 0.3) is 0 Å². The zero-order valence-corrected chi connectivity index (χ0v) is 13.6. The van der Waals surface area contributed by atoms with Crippen molar-refractivity contribution in [1.29, 1.82) is 0 Å². The number of thiophene rings is 1. The maximum absolute atomic E-state index is 12.1. The Morgan fingerprint density at radius 2 is 1.95 bits per heavy atom. The predicted molar refractivity (Wildman–Crippen MR) is 83.9 cm³/mol. The van der Waals surface area contributed by atoms with Crippen LogP contribution in [0.2, 0.25) is 0 Å². The van der Waals surface area contributed by atoms with E-state index in [-0.39, 0.29) is 11.4 Å². The first-order chi connectivity index (χ1) is 10.0. The van der Waals surface area contributed by atoms with E-state index in [1.807, 2.05) is 26.0 Å². The molecule has 2 N–H and O–H groups in total. The lowest BCUT2D eigenvalue weighted by Crippen LogP contribution is -2.23. The highest BCUT2D eigenvalue weighted by atomic mass is 32.2. The number of aromatic nitrogens is 2. The van der Waals surface area contributed by atoms with Crippen molar-refractivity contribution in [2.45, 2.75) is 31.7 Å². The molecule has 0 bridgehead atoms. The predicted octanol–water partition coefficient (Wildman–Crippen LogP) is 2.15. The molecule has 0 atom stereocenters. The van der Waals surface area contributed by atoms with E-state index in [1.165, 1.54) is 12.4 Å². The SMILES string of the molecule is CCCNc1ncc(S(=O)(=O)NCc2ccc(C)s2)cn1. The van der Waals surface area contributed by atoms with Gasteiger partial charge in [0.25, 0.3) is 0 Å². The van der Waals surface area contributed by atoms with E-state index >= 15 is 0 Å². The van der Waals surface area contributed by atoms with Crippen molar-refractivity contribution >= 4 is 27.3 Å². The summed E-state index contributed by atoms with van der Waals surface area (Å²) in [4.78, 5) is 10.2. The fourth-order valence-corrected chi connectivity index (χ4v) is 3.43. The molecule has 0 spiro atoms. The molecule has 0 aliphatic heterocycles. The zero-order chi connectivity index (χ0) is 15.3. The van der Waals surface area contributed by atoms with Crippen molar-refractivity contribution in [3.8, 4) is 0 Å². The number of nitrogens with one attached hydrogen (secondary N) is 2. The van der Waals surface area contributed by atoms with E-state index in [9.17, 15) is 8.42 Å². The minimum Gasteiger partial charge on any atom is -0.354 e. The van der Waals surface area contributed by atoms with Gasteiger partial charge in [0, 0.05) is 22.8 Å². The summed E-state index contributed by atoms with van der Waals surface area (Å²) in [7, 11) is -3.58. The van der Waals surface area contributed by atoms with Crippen molar-refractivity contribution < 1.29 is 8.42 Å². The Kier molecular flexibility index (Phi) is 5.27. The van der Waals surface area contributed by atoms with Gasteiger partial charge in [-0.25, -0.2) is 23.1 Å². The van der Waals surface area contributed by atoms with E-state index in [1.54, 1.807) is 11.3 Å². The molecule has 21 heavy (non-hydrogen) atoms. The van der Waals surface area contributed by atoms with Gasteiger partial charge in [-0.05, 0) is 25.5 Å². The summed E-state index contributed by atoms with van der Waals surface area (Å²) < 4.78 is 26.8. The zero-order valence-electron chi connectivity index (χ0n) is 12.0. The number of anilines is 1. The molecule has 0 aliphatic rings. The lowest BCUT2D eigenvalue weighted by molar-refractivity contribution is 0.581. The molecule has 2 rings (SSSR count). The maximum Gasteiger partial charge on any atom is 0.243 e. The quantitative estimate of drug-likeness (QED) is 0.814. The molecule has 0 fully saturated rings. The van der Waals surface area contributed by atoms with Crippen LogP contribution in [0.15, 0.2) is 29.4 Å². The van der Waals surface area contributed by atoms with Gasteiger partial charge in [0.2, 0.25) is 16.0 Å². The Morgan fingerprint density at radius 1 is 1.24 bits per heavy atom. The molecular weight excluding hydrogens is 308 g/mol. The molecule has 2 aromatic heterocycles. The molecule has 0 amide bonds. The third-order valence-electron chi connectivity index (χ3n) is 2.70. The molecular formula is C13H18N4O2S2. The third-order valence-corrected chi connectivity index (χ3v) is 5.06. The number of nitrogens with zero attached hydrogens (tertiary/aromatic N) is 2. The maximum atomic E-state index is 12.1. The largest absolute Gasteiger partial charge is 0.354 e. The summed E-state index contributed by atoms with van der Waals surface area (Å²) in [6.07, 6.45) is 3.57. The molecule has 2 aromatic rings. The fraction of sp³-hybridized carbons (Fsp3) is 0.385. The highest BCUT2D eigenvalue weighted by Crippen LogP contribution is 2.16. The Hall–Kier alpha value is -1.51. The number of sulfonamides is 1. The van der Waals surface area contributed by atoms with Crippen LogP contribution >= 0.6 is 11.3 Å². The number of rotatable bonds is 7. The molecule has 0 saturated heterocycles. The van der Waals surface area contributed by atoms with Gasteiger partial charge in [0.1, 0.15) is 4.90 Å². The van der Waals surface area contributed by atoms with Gasteiger partial charge in [-0.15, -0.1) is 11.3 Å². The Morgan fingerprint density at radius 3 is 2.52 bits per heavy atom. The normalized spacial score (nSPS) is 11.5. The Balaban J connectivity index is 2.01. The molecule has 0 radical (unpaired) electrons. The second-order valence-electron chi connectivity index (χ2n) is 4.51. The van der Waals surface area contributed by atoms with Crippen LogP contribution in [0.4, 0.5) is 5.95 Å². The molecule has 0 aliphatic carbocycles. The van der Waals surface area contributed by atoms with Crippen molar-refractivity contribution in [2.24, 2.45) is 0 Å². The van der Waals surface area contributed by atoms with Gasteiger partial charge < -0.3 is 5.32 Å². The van der Waals surface area contributed by atoms with Crippen molar-refractivity contribution in [3.05, 3.63) is 34.3 Å². The summed E-state index contributed by atoms with van der Waals surface area (Å²) in [5.41, 5.74) is 0. The molecule has 2 heterocycles. The monoisotopic (exact) mass is 326 g/mol. The topological polar surface area (TPSA) is 84.0 Å². The van der Waals surface area contributed by atoms with E-state index in [0.29, 0.717) is 5.95 Å². The van der Waals surface area contributed by atoms with Crippen LogP contribution in [-0.2, 0) is 16.6 Å². The van der Waals surface area contributed by atoms with Crippen LogP contribution in [0.5, 0.6) is 0 Å². The minimum atomic E-state index is -3.58. The smallest absolute Gasteiger partial charge is 0.243 e. The van der Waals surface area contributed by atoms with Crippen LogP contribution in [-0.4, -0.2) is 24.9 Å². The van der Waals surface area contributed by atoms with E-state index in [4.69, 9.17) is 0 Å². The highest BCUT2D eigenvalue weighted by molar-refractivity contribution is 7.89. The van der Waals surface area contributed by atoms with Crippen LogP contribution in [0.3, 0.4) is 0 Å². The summed E-state index contributed by atoms with van der Waals surface area (Å²) in [6.45, 7) is 5.04. The Bertz CT molecular complexity index is 680. The Labute approximate surface area is 128 Å². The second kappa shape index (κ2) is 6.97. The summed E-state index contributed by atoms with van der Waals surface area (Å²) in [6, 6.07) is 3.88. The van der Waals surface area contributed by atoms with Gasteiger partial charge in [0.15, 0.2) is 0 Å². The van der Waals surface area contributed by atoms with Crippen LogP contribution in [0, 0.1) is 6.92 Å². The average Bonchev–Trinajstić information content (AvgIpc) is 2.89. The minimum absolute atomic E-state index is 0.0674. The summed E-state index contributed by atoms with van der Waals surface area (Å²) >= 11 is 1.57. The lowest BCUT2D eigenvalue weighted by Gasteiger charge is -2.06. The molecule has 0 saturated carbocycles. The van der Waals surface area contributed by atoms with E-state index < -0.39 is 10.0 Å².